The van der Waals surface area contributed by atoms with Gasteiger partial charge in [-0.15, -0.1) is 0 Å². The molecule has 1 fully saturated rings. The molecular formula is C15H21NO2S. The molecule has 0 spiro atoms. The maximum absolute atomic E-state index is 5.43. The van der Waals surface area contributed by atoms with E-state index in [2.05, 4.69) is 43.1 Å². The maximum atomic E-state index is 5.43. The molecule has 1 saturated heterocycles. The molecule has 1 N–H and O–H groups in total. The average molecular weight is 279 g/mol. The van der Waals surface area contributed by atoms with Crippen LogP contribution in [0.3, 0.4) is 0 Å². The predicted molar refractivity (Wildman–Crippen MR) is 79.1 cm³/mol. The number of ether oxygens (including phenoxy) is 2. The summed E-state index contributed by atoms with van der Waals surface area (Å²) in [5.74, 6) is 3.03. The zero-order chi connectivity index (χ0) is 13.3. The van der Waals surface area contributed by atoms with E-state index in [1.54, 1.807) is 0 Å². The normalized spacial score (nSPS) is 26.6. The molecule has 2 unspecified atom stereocenters. The molecular weight excluding hydrogens is 258 g/mol. The Morgan fingerprint density at radius 1 is 1.37 bits per heavy atom. The second-order valence-electron chi connectivity index (χ2n) is 5.62. The summed E-state index contributed by atoms with van der Waals surface area (Å²) in [5, 5.41) is 3.66. The van der Waals surface area contributed by atoms with E-state index < -0.39 is 0 Å². The lowest BCUT2D eigenvalue weighted by Crippen LogP contribution is -2.34. The highest BCUT2D eigenvalue weighted by Gasteiger charge is 2.29. The van der Waals surface area contributed by atoms with Gasteiger partial charge in [0, 0.05) is 17.3 Å². The van der Waals surface area contributed by atoms with Crippen LogP contribution in [0.1, 0.15) is 38.3 Å². The molecule has 0 radical (unpaired) electrons. The van der Waals surface area contributed by atoms with Gasteiger partial charge in [0.1, 0.15) is 0 Å². The quantitative estimate of drug-likeness (QED) is 0.915. The fourth-order valence-electron chi connectivity index (χ4n) is 2.65. The van der Waals surface area contributed by atoms with E-state index in [0.29, 0.717) is 17.6 Å². The van der Waals surface area contributed by atoms with Crippen molar-refractivity contribution in [2.45, 2.75) is 37.5 Å². The van der Waals surface area contributed by atoms with Gasteiger partial charge in [-0.25, -0.2) is 0 Å². The number of nitrogens with one attached hydrogen (secondary N) is 1. The minimum Gasteiger partial charge on any atom is -0.454 e. The first-order valence-electron chi connectivity index (χ1n) is 6.93. The van der Waals surface area contributed by atoms with E-state index in [1.165, 1.54) is 24.2 Å². The van der Waals surface area contributed by atoms with E-state index in [-0.39, 0.29) is 0 Å². The van der Waals surface area contributed by atoms with Crippen LogP contribution in [-0.4, -0.2) is 23.8 Å². The summed E-state index contributed by atoms with van der Waals surface area (Å²) in [6.45, 7) is 5.98. The lowest BCUT2D eigenvalue weighted by Gasteiger charge is -2.26. The van der Waals surface area contributed by atoms with Crippen molar-refractivity contribution in [2.75, 3.05) is 19.1 Å². The van der Waals surface area contributed by atoms with Gasteiger partial charge in [-0.1, -0.05) is 6.07 Å². The first-order valence-corrected chi connectivity index (χ1v) is 7.92. The van der Waals surface area contributed by atoms with Crippen molar-refractivity contribution in [3.8, 4) is 11.5 Å². The van der Waals surface area contributed by atoms with Gasteiger partial charge in [-0.05, 0) is 50.1 Å². The molecule has 3 nitrogen and oxygen atoms in total. The number of hydrogen-bond donors (Lipinski definition) is 1. The lowest BCUT2D eigenvalue weighted by atomic mass is 10.0. The van der Waals surface area contributed by atoms with Crippen LogP contribution in [0.15, 0.2) is 18.2 Å². The van der Waals surface area contributed by atoms with Crippen molar-refractivity contribution in [1.29, 1.82) is 0 Å². The van der Waals surface area contributed by atoms with Gasteiger partial charge >= 0.3 is 0 Å². The number of benzene rings is 1. The van der Waals surface area contributed by atoms with E-state index in [9.17, 15) is 0 Å². The molecule has 4 heteroatoms. The molecule has 104 valence electrons. The van der Waals surface area contributed by atoms with Crippen LogP contribution < -0.4 is 14.8 Å². The average Bonchev–Trinajstić information content (AvgIpc) is 3.04. The fraction of sp³-hybridized carbons (Fsp3) is 0.600. The molecule has 2 atom stereocenters. The van der Waals surface area contributed by atoms with Gasteiger partial charge < -0.3 is 14.8 Å². The minimum absolute atomic E-state index is 0.340. The van der Waals surface area contributed by atoms with Gasteiger partial charge in [0.05, 0.1) is 0 Å². The molecule has 0 aromatic heterocycles. The Bertz CT molecular complexity index is 457. The summed E-state index contributed by atoms with van der Waals surface area (Å²) < 4.78 is 11.2. The van der Waals surface area contributed by atoms with E-state index in [0.717, 1.165) is 18.0 Å². The molecule has 0 bridgehead atoms. The van der Waals surface area contributed by atoms with Crippen LogP contribution in [0, 0.1) is 0 Å². The van der Waals surface area contributed by atoms with Crippen molar-refractivity contribution in [1.82, 2.24) is 5.32 Å². The molecule has 1 aromatic carbocycles. The van der Waals surface area contributed by atoms with E-state index >= 15 is 0 Å². The summed E-state index contributed by atoms with van der Waals surface area (Å²) >= 11 is 2.09. The molecule has 3 rings (SSSR count). The maximum Gasteiger partial charge on any atom is 0.231 e. The Kier molecular flexibility index (Phi) is 3.63. The van der Waals surface area contributed by atoms with Gasteiger partial charge in [-0.3, -0.25) is 0 Å². The van der Waals surface area contributed by atoms with Gasteiger partial charge in [0.15, 0.2) is 11.5 Å². The first-order chi connectivity index (χ1) is 9.16. The zero-order valence-corrected chi connectivity index (χ0v) is 12.4. The Morgan fingerprint density at radius 2 is 2.21 bits per heavy atom. The predicted octanol–water partition coefficient (Wildman–Crippen LogP) is 3.35. The van der Waals surface area contributed by atoms with Crippen LogP contribution in [0.5, 0.6) is 11.5 Å². The van der Waals surface area contributed by atoms with Crippen LogP contribution in [0.25, 0.3) is 0 Å². The van der Waals surface area contributed by atoms with Gasteiger partial charge in [0.25, 0.3) is 0 Å². The summed E-state index contributed by atoms with van der Waals surface area (Å²) in [4.78, 5) is 0. The molecule has 0 amide bonds. The third-order valence-electron chi connectivity index (χ3n) is 3.98. The summed E-state index contributed by atoms with van der Waals surface area (Å²) in [6.07, 6.45) is 2.67. The van der Waals surface area contributed by atoms with Crippen LogP contribution >= 0.6 is 11.8 Å². The monoisotopic (exact) mass is 279 g/mol. The second kappa shape index (κ2) is 5.25. The largest absolute Gasteiger partial charge is 0.454 e. The molecule has 2 aliphatic rings. The summed E-state index contributed by atoms with van der Waals surface area (Å²) in [6, 6.07) is 6.55. The molecule has 19 heavy (non-hydrogen) atoms. The smallest absolute Gasteiger partial charge is 0.231 e. The zero-order valence-electron chi connectivity index (χ0n) is 11.6. The second-order valence-corrected chi connectivity index (χ2v) is 7.30. The third kappa shape index (κ3) is 2.84. The molecule has 2 aliphatic heterocycles. The summed E-state index contributed by atoms with van der Waals surface area (Å²) in [5.41, 5.74) is 1.26. The SMILES string of the molecule is CC(NCC1(C)CCCS1)c1ccc2c(c1)OCO2. The van der Waals surface area contributed by atoms with Crippen LogP contribution in [-0.2, 0) is 0 Å². The number of hydrogen-bond acceptors (Lipinski definition) is 4. The van der Waals surface area contributed by atoms with Crippen molar-refractivity contribution >= 4 is 11.8 Å². The van der Waals surface area contributed by atoms with Crippen molar-refractivity contribution in [3.63, 3.8) is 0 Å². The highest BCUT2D eigenvalue weighted by atomic mass is 32.2. The Hall–Kier alpha value is -0.870. The molecule has 0 saturated carbocycles. The van der Waals surface area contributed by atoms with Gasteiger partial charge in [0.2, 0.25) is 6.79 Å². The lowest BCUT2D eigenvalue weighted by molar-refractivity contribution is 0.174. The van der Waals surface area contributed by atoms with Crippen LogP contribution in [0.4, 0.5) is 0 Å². The topological polar surface area (TPSA) is 30.5 Å². The number of rotatable bonds is 4. The highest BCUT2D eigenvalue weighted by molar-refractivity contribution is 8.00. The van der Waals surface area contributed by atoms with Gasteiger partial charge in [-0.2, -0.15) is 11.8 Å². The Labute approximate surface area is 119 Å². The van der Waals surface area contributed by atoms with E-state index in [4.69, 9.17) is 9.47 Å². The molecule has 0 aliphatic carbocycles. The summed E-state index contributed by atoms with van der Waals surface area (Å²) in [7, 11) is 0. The Morgan fingerprint density at radius 3 is 3.00 bits per heavy atom. The minimum atomic E-state index is 0.340. The number of fused-ring (bicyclic) bond motifs is 1. The standard InChI is InChI=1S/C15H21NO2S/c1-11(16-9-15(2)6-3-7-19-15)12-4-5-13-14(8-12)18-10-17-13/h4-5,8,11,16H,3,6-7,9-10H2,1-2H3. The fourth-order valence-corrected chi connectivity index (χ4v) is 3.90. The third-order valence-corrected chi connectivity index (χ3v) is 5.52. The molecule has 1 aromatic rings. The number of thioether (sulfide) groups is 1. The van der Waals surface area contributed by atoms with Crippen molar-refractivity contribution in [2.24, 2.45) is 0 Å². The first kappa shape index (κ1) is 13.1. The van der Waals surface area contributed by atoms with Crippen molar-refractivity contribution in [3.05, 3.63) is 23.8 Å². The van der Waals surface area contributed by atoms with Crippen molar-refractivity contribution < 1.29 is 9.47 Å². The Balaban J connectivity index is 1.62. The van der Waals surface area contributed by atoms with Crippen LogP contribution in [0.2, 0.25) is 0 Å². The highest BCUT2D eigenvalue weighted by Crippen LogP contribution is 2.38. The van der Waals surface area contributed by atoms with E-state index in [1.807, 2.05) is 6.07 Å². The molecule has 2 heterocycles.